The molecule has 0 spiro atoms. The molecule has 0 amide bonds. The van der Waals surface area contributed by atoms with Crippen LogP contribution in [0.1, 0.15) is 11.6 Å². The Balaban J connectivity index is 2.11. The molecule has 0 bridgehead atoms. The number of furan rings is 1. The molecule has 0 saturated heterocycles. The third-order valence-electron chi connectivity index (χ3n) is 3.07. The highest BCUT2D eigenvalue weighted by Crippen LogP contribution is 2.20. The van der Waals surface area contributed by atoms with Gasteiger partial charge in [0.25, 0.3) is 0 Å². The number of nitrogens with zero attached hydrogens (tertiary/aromatic N) is 3. The summed E-state index contributed by atoms with van der Waals surface area (Å²) < 4.78 is 12.6. The van der Waals surface area contributed by atoms with Gasteiger partial charge < -0.3 is 13.7 Å². The van der Waals surface area contributed by atoms with Crippen LogP contribution in [0.5, 0.6) is 5.88 Å². The number of pyridine rings is 1. The molecule has 20 heavy (non-hydrogen) atoms. The average Bonchev–Trinajstić information content (AvgIpc) is 3.08. The number of hydrogen-bond acceptors (Lipinski definition) is 4. The molecule has 0 radical (unpaired) electrons. The lowest BCUT2D eigenvalue weighted by molar-refractivity contribution is 0.398. The largest absolute Gasteiger partial charge is 0.481 e. The van der Waals surface area contributed by atoms with E-state index >= 15 is 0 Å². The normalized spacial score (nSPS) is 11.1. The second kappa shape index (κ2) is 5.54. The van der Waals surface area contributed by atoms with Gasteiger partial charge in [0.15, 0.2) is 5.65 Å². The summed E-state index contributed by atoms with van der Waals surface area (Å²) in [5, 5.41) is 0. The molecule has 5 nitrogen and oxygen atoms in total. The number of rotatable bonds is 5. The summed E-state index contributed by atoms with van der Waals surface area (Å²) in [4.78, 5) is 9.05. The first kappa shape index (κ1) is 13.0. The molecule has 0 saturated carbocycles. The van der Waals surface area contributed by atoms with Gasteiger partial charge in [-0.3, -0.25) is 0 Å². The standard InChI is InChI=1S/C14H14ClN3O2/c1-19-13-5-4-11-14(17-13)18(12(16-11)6-7-15)9-10-3-2-8-20-10/h2-5,8H,6-7,9H2,1H3. The molecule has 0 atom stereocenters. The lowest BCUT2D eigenvalue weighted by Crippen LogP contribution is -2.06. The molecular weight excluding hydrogens is 278 g/mol. The maximum atomic E-state index is 5.85. The minimum absolute atomic E-state index is 0.513. The molecule has 3 aromatic heterocycles. The van der Waals surface area contributed by atoms with Gasteiger partial charge in [0.2, 0.25) is 5.88 Å². The van der Waals surface area contributed by atoms with Crippen molar-refractivity contribution >= 4 is 22.8 Å². The van der Waals surface area contributed by atoms with Crippen molar-refractivity contribution in [2.75, 3.05) is 13.0 Å². The van der Waals surface area contributed by atoms with Crippen LogP contribution in [-0.2, 0) is 13.0 Å². The maximum absolute atomic E-state index is 5.85. The van der Waals surface area contributed by atoms with E-state index in [1.54, 1.807) is 19.4 Å². The first-order valence-corrected chi connectivity index (χ1v) is 6.83. The van der Waals surface area contributed by atoms with E-state index < -0.39 is 0 Å². The second-order valence-corrected chi connectivity index (χ2v) is 4.71. The maximum Gasteiger partial charge on any atom is 0.215 e. The Hall–Kier alpha value is -2.01. The molecule has 0 aliphatic rings. The van der Waals surface area contributed by atoms with Gasteiger partial charge in [-0.1, -0.05) is 0 Å². The number of ether oxygens (including phenoxy) is 1. The molecule has 3 aromatic rings. The molecule has 0 unspecified atom stereocenters. The first-order valence-electron chi connectivity index (χ1n) is 6.30. The number of halogens is 1. The van der Waals surface area contributed by atoms with E-state index in [0.717, 1.165) is 22.7 Å². The average molecular weight is 292 g/mol. The van der Waals surface area contributed by atoms with Crippen molar-refractivity contribution in [2.45, 2.75) is 13.0 Å². The molecule has 0 aliphatic carbocycles. The van der Waals surface area contributed by atoms with Gasteiger partial charge in [0.05, 0.1) is 19.9 Å². The number of imidazole rings is 1. The van der Waals surface area contributed by atoms with Gasteiger partial charge in [-0.15, -0.1) is 11.6 Å². The van der Waals surface area contributed by atoms with E-state index in [1.165, 1.54) is 0 Å². The van der Waals surface area contributed by atoms with E-state index in [-0.39, 0.29) is 0 Å². The lowest BCUT2D eigenvalue weighted by Gasteiger charge is -2.06. The third-order valence-corrected chi connectivity index (χ3v) is 3.26. The van der Waals surface area contributed by atoms with Crippen molar-refractivity contribution in [1.82, 2.24) is 14.5 Å². The molecule has 0 fully saturated rings. The van der Waals surface area contributed by atoms with Crippen LogP contribution < -0.4 is 4.74 Å². The van der Waals surface area contributed by atoms with Gasteiger partial charge >= 0.3 is 0 Å². The van der Waals surface area contributed by atoms with Crippen LogP contribution in [0.25, 0.3) is 11.2 Å². The van der Waals surface area contributed by atoms with Crippen LogP contribution in [0.15, 0.2) is 34.9 Å². The van der Waals surface area contributed by atoms with Crippen molar-refractivity contribution < 1.29 is 9.15 Å². The molecule has 104 valence electrons. The molecule has 6 heteroatoms. The fourth-order valence-corrected chi connectivity index (χ4v) is 2.31. The molecule has 0 N–H and O–H groups in total. The monoisotopic (exact) mass is 291 g/mol. The van der Waals surface area contributed by atoms with Crippen molar-refractivity contribution in [3.8, 4) is 5.88 Å². The van der Waals surface area contributed by atoms with Crippen molar-refractivity contribution in [3.05, 3.63) is 42.1 Å². The third kappa shape index (κ3) is 2.36. The molecule has 0 aliphatic heterocycles. The van der Waals surface area contributed by atoms with Gasteiger partial charge in [-0.05, 0) is 18.2 Å². The summed E-state index contributed by atoms with van der Waals surface area (Å²) in [7, 11) is 1.60. The van der Waals surface area contributed by atoms with Crippen LogP contribution in [0.3, 0.4) is 0 Å². The minimum atomic E-state index is 0.513. The van der Waals surface area contributed by atoms with E-state index in [0.29, 0.717) is 24.7 Å². The summed E-state index contributed by atoms with van der Waals surface area (Å²) in [6.45, 7) is 0.579. The lowest BCUT2D eigenvalue weighted by atomic mass is 10.4. The summed E-state index contributed by atoms with van der Waals surface area (Å²) in [6.07, 6.45) is 2.34. The van der Waals surface area contributed by atoms with Crippen LogP contribution in [0.2, 0.25) is 0 Å². The van der Waals surface area contributed by atoms with Crippen LogP contribution >= 0.6 is 11.6 Å². The Morgan fingerprint density at radius 3 is 2.90 bits per heavy atom. The highest BCUT2D eigenvalue weighted by Gasteiger charge is 2.13. The van der Waals surface area contributed by atoms with Crippen LogP contribution in [0, 0.1) is 0 Å². The molecule has 3 heterocycles. The van der Waals surface area contributed by atoms with E-state index in [4.69, 9.17) is 20.8 Å². The van der Waals surface area contributed by atoms with Gasteiger partial charge in [0, 0.05) is 18.4 Å². The summed E-state index contributed by atoms with van der Waals surface area (Å²) in [6, 6.07) is 7.49. The highest BCUT2D eigenvalue weighted by atomic mass is 35.5. The minimum Gasteiger partial charge on any atom is -0.481 e. The first-order chi connectivity index (χ1) is 9.81. The topological polar surface area (TPSA) is 53.1 Å². The van der Waals surface area contributed by atoms with E-state index in [2.05, 4.69) is 9.97 Å². The van der Waals surface area contributed by atoms with E-state index in [1.807, 2.05) is 22.8 Å². The van der Waals surface area contributed by atoms with Crippen LogP contribution in [0.4, 0.5) is 0 Å². The number of aromatic nitrogens is 3. The van der Waals surface area contributed by atoms with Gasteiger partial charge in [0.1, 0.15) is 17.1 Å². The summed E-state index contributed by atoms with van der Waals surface area (Å²) in [5.41, 5.74) is 1.61. The Morgan fingerprint density at radius 1 is 1.30 bits per heavy atom. The molecule has 3 rings (SSSR count). The van der Waals surface area contributed by atoms with Crippen molar-refractivity contribution in [2.24, 2.45) is 0 Å². The Labute approximate surface area is 121 Å². The summed E-state index contributed by atoms with van der Waals surface area (Å²) in [5.74, 6) is 2.82. The number of aryl methyl sites for hydroxylation is 1. The fraction of sp³-hybridized carbons (Fsp3) is 0.286. The summed E-state index contributed by atoms with van der Waals surface area (Å²) >= 11 is 5.85. The predicted octanol–water partition coefficient (Wildman–Crippen LogP) is 2.86. The molecule has 0 aromatic carbocycles. The zero-order valence-electron chi connectivity index (χ0n) is 11.0. The second-order valence-electron chi connectivity index (χ2n) is 4.33. The van der Waals surface area contributed by atoms with Crippen molar-refractivity contribution in [3.63, 3.8) is 0 Å². The van der Waals surface area contributed by atoms with Gasteiger partial charge in [-0.2, -0.15) is 4.98 Å². The Bertz CT molecular complexity index is 707. The SMILES string of the molecule is COc1ccc2nc(CCCl)n(Cc3ccco3)c2n1. The number of fused-ring (bicyclic) bond motifs is 1. The zero-order chi connectivity index (χ0) is 13.9. The van der Waals surface area contributed by atoms with Crippen LogP contribution in [-0.4, -0.2) is 27.5 Å². The predicted molar refractivity (Wildman–Crippen MR) is 76.3 cm³/mol. The Kier molecular flexibility index (Phi) is 3.60. The fourth-order valence-electron chi connectivity index (χ4n) is 2.14. The number of alkyl halides is 1. The van der Waals surface area contributed by atoms with E-state index in [9.17, 15) is 0 Å². The number of methoxy groups -OCH3 is 1. The number of hydrogen-bond donors (Lipinski definition) is 0. The Morgan fingerprint density at radius 2 is 2.20 bits per heavy atom. The smallest absolute Gasteiger partial charge is 0.215 e. The van der Waals surface area contributed by atoms with Crippen molar-refractivity contribution in [1.29, 1.82) is 0 Å². The highest BCUT2D eigenvalue weighted by molar-refractivity contribution is 6.17. The molecular formula is C14H14ClN3O2. The zero-order valence-corrected chi connectivity index (χ0v) is 11.8. The van der Waals surface area contributed by atoms with Gasteiger partial charge in [-0.25, -0.2) is 4.98 Å². The quantitative estimate of drug-likeness (QED) is 0.678.